The molecule has 126 valence electrons. The number of carbonyl (C=O) groups excluding carboxylic acids is 1. The highest BCUT2D eigenvalue weighted by Gasteiger charge is 2.30. The first kappa shape index (κ1) is 17.5. The number of hydrogen-bond acceptors (Lipinski definition) is 3. The second-order valence-electron chi connectivity index (χ2n) is 6.13. The van der Waals surface area contributed by atoms with Crippen molar-refractivity contribution in [2.24, 2.45) is 0 Å². The minimum absolute atomic E-state index is 0.0203. The monoisotopic (exact) mass is 319 g/mol. The lowest BCUT2D eigenvalue weighted by molar-refractivity contribution is -0.146. The van der Waals surface area contributed by atoms with E-state index in [-0.39, 0.29) is 24.3 Å². The lowest BCUT2D eigenvalue weighted by atomic mass is 9.91. The predicted molar refractivity (Wildman–Crippen MR) is 87.4 cm³/mol. The van der Waals surface area contributed by atoms with Crippen LogP contribution in [0.2, 0.25) is 0 Å². The van der Waals surface area contributed by atoms with Gasteiger partial charge in [0.2, 0.25) is 5.91 Å². The van der Waals surface area contributed by atoms with Crippen LogP contribution >= 0.6 is 0 Å². The second-order valence-corrected chi connectivity index (χ2v) is 6.13. The molecule has 5 heteroatoms. The van der Waals surface area contributed by atoms with Crippen molar-refractivity contribution >= 4 is 11.9 Å². The van der Waals surface area contributed by atoms with Crippen LogP contribution < -0.4 is 0 Å². The van der Waals surface area contributed by atoms with E-state index in [4.69, 9.17) is 9.84 Å². The zero-order chi connectivity index (χ0) is 16.8. The number of morpholine rings is 1. The molecule has 5 nitrogen and oxygen atoms in total. The Morgan fingerprint density at radius 1 is 1.35 bits per heavy atom. The number of ether oxygens (including phenoxy) is 1. The smallest absolute Gasteiger partial charge is 0.305 e. The maximum Gasteiger partial charge on any atom is 0.305 e. The molecule has 1 saturated heterocycles. The highest BCUT2D eigenvalue weighted by atomic mass is 16.5. The molecule has 2 rings (SSSR count). The third-order valence-electron chi connectivity index (χ3n) is 4.42. The average Bonchev–Trinajstić information content (AvgIpc) is 2.53. The number of amides is 1. The molecular formula is C18H25NO4. The zero-order valence-corrected chi connectivity index (χ0v) is 13.8. The third kappa shape index (κ3) is 4.79. The minimum atomic E-state index is -0.899. The van der Waals surface area contributed by atoms with E-state index in [1.54, 1.807) is 4.90 Å². The van der Waals surface area contributed by atoms with Crippen molar-refractivity contribution in [2.75, 3.05) is 19.8 Å². The Bertz CT molecular complexity index is 540. The van der Waals surface area contributed by atoms with Gasteiger partial charge in [0.05, 0.1) is 25.7 Å². The van der Waals surface area contributed by atoms with Gasteiger partial charge in [-0.1, -0.05) is 36.8 Å². The van der Waals surface area contributed by atoms with Crippen LogP contribution in [0, 0.1) is 6.92 Å². The molecule has 1 aromatic carbocycles. The predicted octanol–water partition coefficient (Wildman–Crippen LogP) is 2.58. The van der Waals surface area contributed by atoms with Gasteiger partial charge in [0.15, 0.2) is 0 Å². The van der Waals surface area contributed by atoms with Gasteiger partial charge in [-0.2, -0.15) is 0 Å². The molecule has 1 heterocycles. The molecular weight excluding hydrogens is 294 g/mol. The summed E-state index contributed by atoms with van der Waals surface area (Å²) in [6.07, 6.45) is 1.23. The number of carboxylic acid groups (broad SMARTS) is 1. The third-order valence-corrected chi connectivity index (χ3v) is 4.42. The van der Waals surface area contributed by atoms with Crippen LogP contribution in [0.15, 0.2) is 24.3 Å². The van der Waals surface area contributed by atoms with Crippen molar-refractivity contribution in [2.45, 2.75) is 45.1 Å². The topological polar surface area (TPSA) is 66.8 Å². The van der Waals surface area contributed by atoms with Crippen LogP contribution in [0.3, 0.4) is 0 Å². The van der Waals surface area contributed by atoms with Crippen LogP contribution in [0.25, 0.3) is 0 Å². The van der Waals surface area contributed by atoms with Gasteiger partial charge in [-0.25, -0.2) is 0 Å². The van der Waals surface area contributed by atoms with Crippen molar-refractivity contribution in [3.63, 3.8) is 0 Å². The maximum atomic E-state index is 12.7. The van der Waals surface area contributed by atoms with Crippen LogP contribution in [0.4, 0.5) is 0 Å². The molecule has 2 unspecified atom stereocenters. The largest absolute Gasteiger partial charge is 0.481 e. The normalized spacial score (nSPS) is 19.4. The molecule has 1 aromatic rings. The number of benzene rings is 1. The Morgan fingerprint density at radius 3 is 2.65 bits per heavy atom. The van der Waals surface area contributed by atoms with Gasteiger partial charge in [0, 0.05) is 13.0 Å². The summed E-state index contributed by atoms with van der Waals surface area (Å²) >= 11 is 0. The highest BCUT2D eigenvalue weighted by Crippen LogP contribution is 2.25. The number of aliphatic carboxylic acids is 1. The first-order valence-corrected chi connectivity index (χ1v) is 8.16. The average molecular weight is 319 g/mol. The summed E-state index contributed by atoms with van der Waals surface area (Å²) in [4.78, 5) is 25.3. The van der Waals surface area contributed by atoms with Crippen LogP contribution in [-0.2, 0) is 14.3 Å². The Morgan fingerprint density at radius 2 is 2.04 bits per heavy atom. The van der Waals surface area contributed by atoms with Gasteiger partial charge >= 0.3 is 5.97 Å². The van der Waals surface area contributed by atoms with Gasteiger partial charge in [0.25, 0.3) is 0 Å². The summed E-state index contributed by atoms with van der Waals surface area (Å²) in [5, 5.41) is 9.00. The highest BCUT2D eigenvalue weighted by molar-refractivity contribution is 5.78. The molecule has 2 atom stereocenters. The van der Waals surface area contributed by atoms with Crippen molar-refractivity contribution in [3.8, 4) is 0 Å². The van der Waals surface area contributed by atoms with Gasteiger partial charge in [-0.3, -0.25) is 9.59 Å². The van der Waals surface area contributed by atoms with Crippen LogP contribution in [0.1, 0.15) is 43.2 Å². The fourth-order valence-corrected chi connectivity index (χ4v) is 3.02. The second kappa shape index (κ2) is 8.11. The molecule has 23 heavy (non-hydrogen) atoms. The number of aryl methyl sites for hydroxylation is 1. The minimum Gasteiger partial charge on any atom is -0.481 e. The summed E-state index contributed by atoms with van der Waals surface area (Å²) in [5.74, 6) is -0.715. The van der Waals surface area contributed by atoms with Crippen molar-refractivity contribution < 1.29 is 19.4 Å². The van der Waals surface area contributed by atoms with Crippen LogP contribution in [0.5, 0.6) is 0 Å². The molecule has 1 fully saturated rings. The summed E-state index contributed by atoms with van der Waals surface area (Å²) in [6, 6.07) is 7.91. The lowest BCUT2D eigenvalue weighted by Gasteiger charge is -2.35. The van der Waals surface area contributed by atoms with Gasteiger partial charge in [0.1, 0.15) is 0 Å². The van der Waals surface area contributed by atoms with E-state index < -0.39 is 5.97 Å². The Kier molecular flexibility index (Phi) is 6.16. The number of carboxylic acids is 1. The summed E-state index contributed by atoms with van der Waals surface area (Å²) < 4.78 is 5.34. The first-order valence-electron chi connectivity index (χ1n) is 8.16. The molecule has 0 spiro atoms. The van der Waals surface area contributed by atoms with Gasteiger partial charge < -0.3 is 14.7 Å². The van der Waals surface area contributed by atoms with Crippen molar-refractivity contribution in [1.29, 1.82) is 0 Å². The van der Waals surface area contributed by atoms with E-state index >= 15 is 0 Å². The van der Waals surface area contributed by atoms with E-state index in [1.165, 1.54) is 5.56 Å². The van der Waals surface area contributed by atoms with E-state index in [0.717, 1.165) is 12.0 Å². The van der Waals surface area contributed by atoms with Crippen molar-refractivity contribution in [3.05, 3.63) is 35.4 Å². The molecule has 1 amide bonds. The number of rotatable bonds is 6. The molecule has 0 saturated carbocycles. The maximum absolute atomic E-state index is 12.7. The fraction of sp³-hybridized carbons (Fsp3) is 0.556. The summed E-state index contributed by atoms with van der Waals surface area (Å²) in [6.45, 7) is 5.37. The van der Waals surface area contributed by atoms with E-state index in [2.05, 4.69) is 31.2 Å². The molecule has 0 bridgehead atoms. The summed E-state index contributed by atoms with van der Waals surface area (Å²) in [7, 11) is 0. The Labute approximate surface area is 137 Å². The molecule has 1 aliphatic heterocycles. The lowest BCUT2D eigenvalue weighted by Crippen LogP contribution is -2.49. The Balaban J connectivity index is 2.05. The summed E-state index contributed by atoms with van der Waals surface area (Å²) in [5.41, 5.74) is 2.36. The molecule has 1 N–H and O–H groups in total. The van der Waals surface area contributed by atoms with E-state index in [1.807, 2.05) is 6.92 Å². The molecule has 0 radical (unpaired) electrons. The molecule has 0 aromatic heterocycles. The first-order chi connectivity index (χ1) is 11.0. The standard InChI is InChI=1S/C18H25NO4/c1-3-14(15-6-4-13(2)5-7-15)10-17(20)19-8-9-23-12-16(19)11-18(21)22/h4-7,14,16H,3,8-12H2,1-2H3,(H,21,22). The van der Waals surface area contributed by atoms with Crippen LogP contribution in [-0.4, -0.2) is 47.7 Å². The molecule has 0 aliphatic carbocycles. The number of hydrogen-bond donors (Lipinski definition) is 1. The fourth-order valence-electron chi connectivity index (χ4n) is 3.02. The van der Waals surface area contributed by atoms with Crippen molar-refractivity contribution in [1.82, 2.24) is 4.90 Å². The quantitative estimate of drug-likeness (QED) is 0.875. The van der Waals surface area contributed by atoms with E-state index in [9.17, 15) is 9.59 Å². The molecule has 1 aliphatic rings. The number of carbonyl (C=O) groups is 2. The van der Waals surface area contributed by atoms with Gasteiger partial charge in [-0.05, 0) is 24.8 Å². The van der Waals surface area contributed by atoms with Gasteiger partial charge in [-0.15, -0.1) is 0 Å². The SMILES string of the molecule is CCC(CC(=O)N1CCOCC1CC(=O)O)c1ccc(C)cc1. The number of nitrogens with zero attached hydrogens (tertiary/aromatic N) is 1. The zero-order valence-electron chi connectivity index (χ0n) is 13.8. The van der Waals surface area contributed by atoms with E-state index in [0.29, 0.717) is 26.2 Å². The Hall–Kier alpha value is -1.88.